The number of rotatable bonds is 6. The SMILES string of the molecule is CC(=O)C(=Cc1ccc(O)cc1)c1c(C(C)=O)c(O)c(C(C)=O)c(O)c1C(C)=O. The van der Waals surface area contributed by atoms with Crippen molar-refractivity contribution in [3.63, 3.8) is 0 Å². The van der Waals surface area contributed by atoms with Crippen LogP contribution in [0.1, 0.15) is 69.9 Å². The predicted molar refractivity (Wildman–Crippen MR) is 106 cm³/mol. The third-order valence-corrected chi connectivity index (χ3v) is 4.36. The predicted octanol–water partition coefficient (Wildman–Crippen LogP) is 3.54. The second kappa shape index (κ2) is 8.10. The van der Waals surface area contributed by atoms with Crippen molar-refractivity contribution in [3.8, 4) is 17.2 Å². The van der Waals surface area contributed by atoms with Gasteiger partial charge < -0.3 is 15.3 Å². The van der Waals surface area contributed by atoms with E-state index in [4.69, 9.17) is 0 Å². The number of hydrogen-bond donors (Lipinski definition) is 3. The smallest absolute Gasteiger partial charge is 0.167 e. The van der Waals surface area contributed by atoms with Gasteiger partial charge in [-0.05, 0) is 51.5 Å². The Morgan fingerprint density at radius 3 is 1.41 bits per heavy atom. The number of ketones is 4. The normalized spacial score (nSPS) is 11.2. The maximum absolute atomic E-state index is 12.4. The highest BCUT2D eigenvalue weighted by Gasteiger charge is 2.32. The molecule has 2 rings (SSSR count). The summed E-state index contributed by atoms with van der Waals surface area (Å²) >= 11 is 0. The molecule has 0 saturated heterocycles. The minimum absolute atomic E-state index is 0.00137. The lowest BCUT2D eigenvalue weighted by molar-refractivity contribution is -0.111. The number of benzene rings is 2. The Kier molecular flexibility index (Phi) is 6.02. The first-order chi connectivity index (χ1) is 13.5. The number of hydrogen-bond acceptors (Lipinski definition) is 7. The van der Waals surface area contributed by atoms with E-state index in [9.17, 15) is 34.5 Å². The van der Waals surface area contributed by atoms with Gasteiger partial charge in [0, 0.05) is 11.1 Å². The summed E-state index contributed by atoms with van der Waals surface area (Å²) in [6.07, 6.45) is 1.36. The minimum atomic E-state index is -0.791. The molecule has 0 spiro atoms. The molecule has 7 heteroatoms. The first-order valence-corrected chi connectivity index (χ1v) is 8.64. The van der Waals surface area contributed by atoms with Crippen LogP contribution in [0.25, 0.3) is 11.6 Å². The first-order valence-electron chi connectivity index (χ1n) is 8.64. The van der Waals surface area contributed by atoms with Crippen LogP contribution < -0.4 is 0 Å². The lowest BCUT2D eigenvalue weighted by atomic mass is 9.84. The van der Waals surface area contributed by atoms with Crippen molar-refractivity contribution in [2.45, 2.75) is 27.7 Å². The molecule has 0 fully saturated rings. The lowest BCUT2D eigenvalue weighted by Crippen LogP contribution is -2.14. The molecule has 3 N–H and O–H groups in total. The average molecular weight is 396 g/mol. The van der Waals surface area contributed by atoms with Gasteiger partial charge in [-0.2, -0.15) is 0 Å². The molecule has 0 aliphatic carbocycles. The number of carbonyl (C=O) groups is 4. The van der Waals surface area contributed by atoms with Crippen molar-refractivity contribution in [1.29, 1.82) is 0 Å². The van der Waals surface area contributed by atoms with E-state index in [0.29, 0.717) is 5.56 Å². The molecule has 0 atom stereocenters. The van der Waals surface area contributed by atoms with Crippen LogP contribution in [-0.2, 0) is 4.79 Å². The highest BCUT2D eigenvalue weighted by molar-refractivity contribution is 6.30. The zero-order valence-electron chi connectivity index (χ0n) is 16.4. The van der Waals surface area contributed by atoms with E-state index in [0.717, 1.165) is 20.8 Å². The summed E-state index contributed by atoms with van der Waals surface area (Å²) in [4.78, 5) is 49.0. The maximum Gasteiger partial charge on any atom is 0.167 e. The Labute approximate surface area is 166 Å². The molecular formula is C22H20O7. The molecular weight excluding hydrogens is 376 g/mol. The standard InChI is InChI=1S/C22H20O7/c1-10(23)16(9-14-5-7-15(27)8-6-14)20-17(11(2)24)21(28)19(13(4)26)22(29)18(20)12(3)25/h5-9,27-29H,1-4H3. The van der Waals surface area contributed by atoms with Crippen LogP contribution in [0.3, 0.4) is 0 Å². The van der Waals surface area contributed by atoms with E-state index in [1.165, 1.54) is 37.3 Å². The summed E-state index contributed by atoms with van der Waals surface area (Å²) in [5.74, 6) is -4.26. The van der Waals surface area contributed by atoms with Gasteiger partial charge in [0.25, 0.3) is 0 Å². The first kappa shape index (κ1) is 21.6. The minimum Gasteiger partial charge on any atom is -0.508 e. The van der Waals surface area contributed by atoms with Gasteiger partial charge in [0.2, 0.25) is 0 Å². The van der Waals surface area contributed by atoms with Crippen LogP contribution in [0.5, 0.6) is 17.2 Å². The van der Waals surface area contributed by atoms with Crippen molar-refractivity contribution in [2.75, 3.05) is 0 Å². The number of allylic oxidation sites excluding steroid dienone is 1. The van der Waals surface area contributed by atoms with Gasteiger partial charge in [0.15, 0.2) is 23.1 Å². The zero-order valence-corrected chi connectivity index (χ0v) is 16.4. The Morgan fingerprint density at radius 1 is 0.655 bits per heavy atom. The molecule has 0 unspecified atom stereocenters. The Bertz CT molecular complexity index is 1030. The highest BCUT2D eigenvalue weighted by Crippen LogP contribution is 2.42. The molecule has 0 heterocycles. The molecule has 2 aromatic rings. The summed E-state index contributed by atoms with van der Waals surface area (Å²) in [6, 6.07) is 5.77. The summed E-state index contributed by atoms with van der Waals surface area (Å²) in [6.45, 7) is 4.50. The van der Waals surface area contributed by atoms with Crippen LogP contribution in [-0.4, -0.2) is 38.5 Å². The van der Waals surface area contributed by atoms with Crippen LogP contribution in [0.15, 0.2) is 24.3 Å². The monoisotopic (exact) mass is 396 g/mol. The van der Waals surface area contributed by atoms with Gasteiger partial charge in [-0.3, -0.25) is 19.2 Å². The third kappa shape index (κ3) is 4.08. The van der Waals surface area contributed by atoms with Crippen molar-refractivity contribution < 1.29 is 34.5 Å². The van der Waals surface area contributed by atoms with Gasteiger partial charge in [0.05, 0.1) is 11.1 Å². The quantitative estimate of drug-likeness (QED) is 0.387. The Balaban J connectivity index is 3.06. The lowest BCUT2D eigenvalue weighted by Gasteiger charge is -2.19. The van der Waals surface area contributed by atoms with Crippen molar-refractivity contribution in [2.24, 2.45) is 0 Å². The Morgan fingerprint density at radius 2 is 1.07 bits per heavy atom. The molecule has 0 amide bonds. The molecule has 7 nitrogen and oxygen atoms in total. The number of phenolic OH excluding ortho intramolecular Hbond substituents is 3. The largest absolute Gasteiger partial charge is 0.508 e. The number of phenols is 3. The van der Waals surface area contributed by atoms with E-state index >= 15 is 0 Å². The highest BCUT2D eigenvalue weighted by atomic mass is 16.3. The van der Waals surface area contributed by atoms with E-state index in [1.807, 2.05) is 0 Å². The molecule has 0 aromatic heterocycles. The van der Waals surface area contributed by atoms with Gasteiger partial charge in [0.1, 0.15) is 22.8 Å². The van der Waals surface area contributed by atoms with Gasteiger partial charge in [-0.25, -0.2) is 0 Å². The van der Waals surface area contributed by atoms with Gasteiger partial charge in [-0.15, -0.1) is 0 Å². The molecule has 29 heavy (non-hydrogen) atoms. The Hall–Kier alpha value is -3.74. The van der Waals surface area contributed by atoms with E-state index < -0.39 is 51.3 Å². The molecule has 0 bridgehead atoms. The molecule has 150 valence electrons. The van der Waals surface area contributed by atoms with E-state index in [1.54, 1.807) is 0 Å². The molecule has 0 saturated carbocycles. The van der Waals surface area contributed by atoms with Crippen LogP contribution in [0, 0.1) is 0 Å². The second-order valence-corrected chi connectivity index (χ2v) is 6.57. The van der Waals surface area contributed by atoms with Crippen LogP contribution in [0.4, 0.5) is 0 Å². The average Bonchev–Trinajstić information content (AvgIpc) is 2.59. The topological polar surface area (TPSA) is 129 Å². The second-order valence-electron chi connectivity index (χ2n) is 6.57. The molecule has 0 aliphatic heterocycles. The van der Waals surface area contributed by atoms with Crippen molar-refractivity contribution >= 4 is 34.8 Å². The summed E-state index contributed by atoms with van der Waals surface area (Å²) < 4.78 is 0. The zero-order chi connectivity index (χ0) is 22.0. The summed E-state index contributed by atoms with van der Waals surface area (Å²) in [7, 11) is 0. The number of aromatic hydroxyl groups is 3. The van der Waals surface area contributed by atoms with E-state index in [-0.39, 0.29) is 16.9 Å². The van der Waals surface area contributed by atoms with Crippen LogP contribution in [0.2, 0.25) is 0 Å². The summed E-state index contributed by atoms with van der Waals surface area (Å²) in [5, 5.41) is 30.5. The maximum atomic E-state index is 12.4. The molecule has 0 aliphatic rings. The number of carbonyl (C=O) groups excluding carboxylic acids is 4. The van der Waals surface area contributed by atoms with Gasteiger partial charge >= 0.3 is 0 Å². The van der Waals surface area contributed by atoms with Crippen LogP contribution >= 0.6 is 0 Å². The fraction of sp³-hybridized carbons (Fsp3) is 0.182. The fourth-order valence-electron chi connectivity index (χ4n) is 3.10. The van der Waals surface area contributed by atoms with Gasteiger partial charge in [-0.1, -0.05) is 12.1 Å². The third-order valence-electron chi connectivity index (χ3n) is 4.36. The van der Waals surface area contributed by atoms with E-state index in [2.05, 4.69) is 0 Å². The number of Topliss-reactive ketones (excluding diaryl/α,β-unsaturated/α-hetero) is 4. The van der Waals surface area contributed by atoms with Crippen molar-refractivity contribution in [1.82, 2.24) is 0 Å². The molecule has 2 aromatic carbocycles. The van der Waals surface area contributed by atoms with Crippen molar-refractivity contribution in [3.05, 3.63) is 52.1 Å². The molecule has 0 radical (unpaired) electrons. The summed E-state index contributed by atoms with van der Waals surface area (Å²) in [5.41, 5.74) is -1.27. The fourth-order valence-corrected chi connectivity index (χ4v) is 3.10.